The molecule has 1 unspecified atom stereocenters. The molecule has 2 aliphatic heterocycles. The molecule has 0 aliphatic carbocycles. The average Bonchev–Trinajstić information content (AvgIpc) is 3.78. The number of carbonyl (C=O) groups excluding carboxylic acids is 2. The molecule has 0 spiro atoms. The number of esters is 1. The van der Waals surface area contributed by atoms with Crippen molar-refractivity contribution < 1.29 is 33.0 Å². The van der Waals surface area contributed by atoms with E-state index in [1.54, 1.807) is 0 Å². The minimum atomic E-state index is -2.58. The summed E-state index contributed by atoms with van der Waals surface area (Å²) in [6.07, 6.45) is 13.7. The van der Waals surface area contributed by atoms with Gasteiger partial charge in [0.15, 0.2) is 18.1 Å². The highest BCUT2D eigenvalue weighted by Gasteiger charge is 2.55. The zero-order valence-electron chi connectivity index (χ0n) is 37.2. The second-order valence-electron chi connectivity index (χ2n) is 17.5. The maximum Gasteiger partial charge on any atom is 0.330 e. The number of amides is 1. The van der Waals surface area contributed by atoms with E-state index in [9.17, 15) is 19.2 Å². The van der Waals surface area contributed by atoms with Crippen LogP contribution in [-0.2, 0) is 33.0 Å². The van der Waals surface area contributed by atoms with Gasteiger partial charge in [-0.2, -0.15) is 0 Å². The number of carbonyl (C=O) groups is 2. The first kappa shape index (κ1) is 49.5. The van der Waals surface area contributed by atoms with E-state index >= 15 is 0 Å². The van der Waals surface area contributed by atoms with Crippen LogP contribution in [0.3, 0.4) is 0 Å². The van der Waals surface area contributed by atoms with Gasteiger partial charge in [-0.3, -0.25) is 23.9 Å². The number of rotatable bonds is 27. The highest BCUT2D eigenvalue weighted by Crippen LogP contribution is 2.61. The van der Waals surface area contributed by atoms with Gasteiger partial charge in [0.25, 0.3) is 5.56 Å². The van der Waals surface area contributed by atoms with Crippen LogP contribution in [0.25, 0.3) is 0 Å². The van der Waals surface area contributed by atoms with E-state index in [0.29, 0.717) is 32.6 Å². The van der Waals surface area contributed by atoms with Crippen LogP contribution in [0.2, 0.25) is 16.6 Å². The third-order valence-corrected chi connectivity index (χ3v) is 23.6. The van der Waals surface area contributed by atoms with Crippen molar-refractivity contribution in [2.45, 2.75) is 193 Å². The number of unbranched alkanes of at least 4 members (excludes halogenated alkanes) is 3. The highest BCUT2D eigenvalue weighted by molar-refractivity contribution is 7.75. The maximum atomic E-state index is 13.8. The molecule has 1 amide bonds. The Morgan fingerprint density at radius 1 is 0.860 bits per heavy atom. The summed E-state index contributed by atoms with van der Waals surface area (Å²) in [5, 5.41) is 3.17. The summed E-state index contributed by atoms with van der Waals surface area (Å²) in [6, 6.07) is 1.28. The minimum absolute atomic E-state index is 0.00469. The van der Waals surface area contributed by atoms with Gasteiger partial charge >= 0.3 is 11.7 Å². The standard InChI is InChI=1S/C43H78N3O9PSi/c1-11-15-28-56(29-16-12-2,30-17-13-3)31-18-24-44-36(47)19-22-43(51-26-27-52-43)23-20-38(49)54-39-35(14-4)53-41(46-25-21-37(48)45-42(46)50)40(39)55-57(32(5)6,33(7)8)34(9)10/h21,25,32-35,39-41H,11-20,22-24,26-31H2,1-10H3,(H-,44,45,47,48,50)/p+1/t35-,39?,40+,41-/m1/s1. The average molecular weight is 841 g/mol. The molecule has 4 atom stereocenters. The topological polar surface area (TPSA) is 147 Å². The summed E-state index contributed by atoms with van der Waals surface area (Å²) < 4.78 is 33.5. The quantitative estimate of drug-likeness (QED) is 0.0385. The van der Waals surface area contributed by atoms with Gasteiger partial charge in [0.2, 0.25) is 14.2 Å². The Morgan fingerprint density at radius 2 is 1.40 bits per heavy atom. The SMILES string of the molecule is CCCC[P+](CCCC)(CCCC)CCCNC(=O)CCC1(CCC(=O)OC2[C@@H](CC)O[C@@H](n3ccc(=O)[nH]c3=O)[C@H]2O[Si](C(C)C)(C(C)C)C(C)C)OCCO1. The molecule has 0 saturated carbocycles. The summed E-state index contributed by atoms with van der Waals surface area (Å²) in [5.74, 6) is -1.54. The predicted molar refractivity (Wildman–Crippen MR) is 233 cm³/mol. The molecule has 2 aliphatic rings. The Hall–Kier alpha value is -1.89. The van der Waals surface area contributed by atoms with Crippen molar-refractivity contribution in [2.24, 2.45) is 0 Å². The van der Waals surface area contributed by atoms with Crippen LogP contribution in [0.4, 0.5) is 0 Å². The fourth-order valence-electron chi connectivity index (χ4n) is 9.40. The van der Waals surface area contributed by atoms with Crippen LogP contribution in [0.15, 0.2) is 21.9 Å². The van der Waals surface area contributed by atoms with E-state index in [0.717, 1.165) is 6.42 Å². The number of nitrogens with one attached hydrogen (secondary N) is 2. The molecule has 57 heavy (non-hydrogen) atoms. The van der Waals surface area contributed by atoms with Gasteiger partial charge in [0.1, 0.15) is 6.10 Å². The molecule has 3 heterocycles. The molecule has 328 valence electrons. The maximum absolute atomic E-state index is 13.8. The summed E-state index contributed by atoms with van der Waals surface area (Å²) in [7, 11) is -3.59. The molecule has 0 aromatic carbocycles. The van der Waals surface area contributed by atoms with Gasteiger partial charge in [0.05, 0.1) is 50.4 Å². The first-order chi connectivity index (χ1) is 27.1. The molecule has 14 heteroatoms. The van der Waals surface area contributed by atoms with E-state index in [4.69, 9.17) is 23.4 Å². The van der Waals surface area contributed by atoms with Gasteiger partial charge in [-0.15, -0.1) is 0 Å². The number of hydrogen-bond donors (Lipinski definition) is 2. The molecule has 2 N–H and O–H groups in total. The molecule has 2 fully saturated rings. The summed E-state index contributed by atoms with van der Waals surface area (Å²) >= 11 is 0. The van der Waals surface area contributed by atoms with Crippen LogP contribution in [-0.4, -0.2) is 98.3 Å². The van der Waals surface area contributed by atoms with Crippen LogP contribution < -0.4 is 16.6 Å². The van der Waals surface area contributed by atoms with Crippen LogP contribution in [0, 0.1) is 0 Å². The molecule has 1 aromatic rings. The number of aromatic nitrogens is 2. The van der Waals surface area contributed by atoms with Crippen molar-refractivity contribution in [3.8, 4) is 0 Å². The zero-order chi connectivity index (χ0) is 42.2. The minimum Gasteiger partial charge on any atom is -0.457 e. The smallest absolute Gasteiger partial charge is 0.330 e. The number of aromatic amines is 1. The second-order valence-corrected chi connectivity index (χ2v) is 27.3. The van der Waals surface area contributed by atoms with Gasteiger partial charge in [-0.1, -0.05) is 88.5 Å². The fraction of sp³-hybridized carbons (Fsp3) is 0.860. The zero-order valence-corrected chi connectivity index (χ0v) is 39.1. The summed E-state index contributed by atoms with van der Waals surface area (Å²) in [6.45, 7) is 23.3. The van der Waals surface area contributed by atoms with Gasteiger partial charge in [0, 0.05) is 45.3 Å². The van der Waals surface area contributed by atoms with Gasteiger partial charge < -0.3 is 28.7 Å². The predicted octanol–water partition coefficient (Wildman–Crippen LogP) is 8.54. The van der Waals surface area contributed by atoms with Crippen molar-refractivity contribution in [3.05, 3.63) is 33.1 Å². The Labute approximate surface area is 345 Å². The number of H-pyrrole nitrogens is 1. The first-order valence-corrected chi connectivity index (χ1v) is 27.0. The van der Waals surface area contributed by atoms with E-state index in [2.05, 4.69) is 72.6 Å². The molecular formula is C43H79N3O9PSi+. The Balaban J connectivity index is 1.69. The molecule has 3 rings (SSSR count). The lowest BCUT2D eigenvalue weighted by Gasteiger charge is -2.45. The fourth-order valence-corrected chi connectivity index (χ4v) is 20.1. The van der Waals surface area contributed by atoms with E-state index < -0.39 is 63.1 Å². The number of hydrogen-bond acceptors (Lipinski definition) is 9. The Bertz CT molecular complexity index is 1430. The molecular weight excluding hydrogens is 762 g/mol. The largest absolute Gasteiger partial charge is 0.457 e. The highest BCUT2D eigenvalue weighted by atomic mass is 31.2. The first-order valence-electron chi connectivity index (χ1n) is 22.4. The number of ether oxygens (including phenoxy) is 4. The lowest BCUT2D eigenvalue weighted by Crippen LogP contribution is -2.54. The normalized spacial score (nSPS) is 21.2. The van der Waals surface area contributed by atoms with E-state index in [-0.39, 0.29) is 41.8 Å². The van der Waals surface area contributed by atoms with Crippen molar-refractivity contribution in [1.82, 2.24) is 14.9 Å². The van der Waals surface area contributed by atoms with Gasteiger partial charge in [-0.05, 0) is 48.7 Å². The van der Waals surface area contributed by atoms with Crippen LogP contribution in [0.5, 0.6) is 0 Å². The summed E-state index contributed by atoms with van der Waals surface area (Å²) in [4.78, 5) is 54.3. The monoisotopic (exact) mass is 841 g/mol. The third kappa shape index (κ3) is 13.6. The van der Waals surface area contributed by atoms with Crippen LogP contribution >= 0.6 is 7.26 Å². The van der Waals surface area contributed by atoms with Crippen LogP contribution in [0.1, 0.15) is 153 Å². The summed E-state index contributed by atoms with van der Waals surface area (Å²) in [5.41, 5.74) is -0.475. The van der Waals surface area contributed by atoms with Crippen molar-refractivity contribution in [2.75, 3.05) is 44.4 Å². The molecule has 12 nitrogen and oxygen atoms in total. The third-order valence-electron chi connectivity index (χ3n) is 12.5. The van der Waals surface area contributed by atoms with Crippen molar-refractivity contribution in [1.29, 1.82) is 0 Å². The number of nitrogens with zero attached hydrogens (tertiary/aromatic N) is 1. The lowest BCUT2D eigenvalue weighted by atomic mass is 10.0. The Morgan fingerprint density at radius 3 is 1.91 bits per heavy atom. The molecule has 0 radical (unpaired) electrons. The Kier molecular flexibility index (Phi) is 20.6. The second kappa shape index (κ2) is 23.8. The van der Waals surface area contributed by atoms with E-state index in [1.165, 1.54) is 80.0 Å². The van der Waals surface area contributed by atoms with E-state index in [1.807, 2.05) is 6.92 Å². The lowest BCUT2D eigenvalue weighted by molar-refractivity contribution is -0.179. The molecule has 0 bridgehead atoms. The molecule has 1 aromatic heterocycles. The molecule has 2 saturated heterocycles. The van der Waals surface area contributed by atoms with Gasteiger partial charge in [-0.25, -0.2) is 4.79 Å². The van der Waals surface area contributed by atoms with Crippen molar-refractivity contribution in [3.63, 3.8) is 0 Å². The van der Waals surface area contributed by atoms with Crippen molar-refractivity contribution >= 4 is 27.5 Å².